The third-order valence-corrected chi connectivity index (χ3v) is 5.00. The van der Waals surface area contributed by atoms with E-state index in [2.05, 4.69) is 4.98 Å². The van der Waals surface area contributed by atoms with Gasteiger partial charge in [0.25, 0.3) is 0 Å². The van der Waals surface area contributed by atoms with Gasteiger partial charge in [0.2, 0.25) is 0 Å². The monoisotopic (exact) mass is 361 g/mol. The van der Waals surface area contributed by atoms with Crippen LogP contribution < -0.4 is 0 Å². The highest BCUT2D eigenvalue weighted by molar-refractivity contribution is 6.22. The van der Waals surface area contributed by atoms with Crippen molar-refractivity contribution in [2.75, 3.05) is 0 Å². The summed E-state index contributed by atoms with van der Waals surface area (Å²) in [5.41, 5.74) is 2.76. The summed E-state index contributed by atoms with van der Waals surface area (Å²) in [4.78, 5) is 40.5. The molecule has 4 rings (SSSR count). The lowest BCUT2D eigenvalue weighted by molar-refractivity contribution is -0.146. The summed E-state index contributed by atoms with van der Waals surface area (Å²) < 4.78 is 5.22. The second-order valence-electron chi connectivity index (χ2n) is 6.79. The Hall–Kier alpha value is -3.21. The number of aromatic nitrogens is 1. The number of hydrogen-bond acceptors (Lipinski definition) is 4. The number of hydrogen-bond donors (Lipinski definition) is 1. The Bertz CT molecular complexity index is 1010. The zero-order valence-corrected chi connectivity index (χ0v) is 14.7. The molecule has 3 aromatic rings. The lowest BCUT2D eigenvalue weighted by Gasteiger charge is -2.07. The van der Waals surface area contributed by atoms with Gasteiger partial charge in [0.05, 0.1) is 0 Å². The van der Waals surface area contributed by atoms with E-state index in [9.17, 15) is 14.4 Å². The van der Waals surface area contributed by atoms with Crippen molar-refractivity contribution in [2.24, 2.45) is 5.92 Å². The van der Waals surface area contributed by atoms with Crippen molar-refractivity contribution in [3.05, 3.63) is 71.9 Å². The number of nitrogens with one attached hydrogen (secondary N) is 1. The van der Waals surface area contributed by atoms with Crippen molar-refractivity contribution in [3.8, 4) is 0 Å². The highest BCUT2D eigenvalue weighted by Gasteiger charge is 2.47. The molecule has 1 saturated heterocycles. The van der Waals surface area contributed by atoms with Crippen molar-refractivity contribution < 1.29 is 19.1 Å². The fraction of sp³-hybridized carbons (Fsp3) is 0.227. The number of aryl methyl sites for hydroxylation is 1. The fourth-order valence-corrected chi connectivity index (χ4v) is 3.57. The lowest BCUT2D eigenvalue weighted by atomic mass is 9.92. The van der Waals surface area contributed by atoms with E-state index in [1.165, 1.54) is 0 Å². The minimum Gasteiger partial charge on any atom is -0.453 e. The molecule has 27 heavy (non-hydrogen) atoms. The van der Waals surface area contributed by atoms with Crippen molar-refractivity contribution in [1.82, 2.24) is 4.98 Å². The number of carbonyl (C=O) groups excluding carboxylic acids is 3. The predicted octanol–water partition coefficient (Wildman–Crippen LogP) is 3.02. The van der Waals surface area contributed by atoms with Crippen molar-refractivity contribution in [3.63, 3.8) is 0 Å². The number of cyclic esters (lactones) is 1. The molecule has 1 N–H and O–H groups in total. The lowest BCUT2D eigenvalue weighted by Crippen LogP contribution is -2.29. The summed E-state index contributed by atoms with van der Waals surface area (Å²) in [6, 6.07) is 17.3. The molecule has 2 unspecified atom stereocenters. The number of ether oxygens (including phenoxy) is 1. The minimum atomic E-state index is -1.31. The first kappa shape index (κ1) is 17.2. The number of carbonyl (C=O) groups is 3. The molecular weight excluding hydrogens is 342 g/mol. The number of ketones is 2. The Kier molecular flexibility index (Phi) is 4.59. The smallest absolute Gasteiger partial charge is 0.325 e. The zero-order chi connectivity index (χ0) is 18.8. The van der Waals surface area contributed by atoms with Gasteiger partial charge in [-0.1, -0.05) is 48.5 Å². The summed E-state index contributed by atoms with van der Waals surface area (Å²) in [5, 5.41) is 0.922. The molecule has 1 aromatic heterocycles. The van der Waals surface area contributed by atoms with Gasteiger partial charge in [-0.15, -0.1) is 0 Å². The average molecular weight is 361 g/mol. The first-order chi connectivity index (χ1) is 13.1. The molecule has 2 heterocycles. The van der Waals surface area contributed by atoms with Crippen LogP contribution in [0.3, 0.4) is 0 Å². The Balaban J connectivity index is 1.44. The van der Waals surface area contributed by atoms with Crippen molar-refractivity contribution in [1.29, 1.82) is 0 Å². The van der Waals surface area contributed by atoms with Crippen molar-refractivity contribution in [2.45, 2.75) is 25.4 Å². The van der Waals surface area contributed by atoms with Gasteiger partial charge < -0.3 is 9.72 Å². The Labute approximate surface area is 156 Å². The summed E-state index contributed by atoms with van der Waals surface area (Å²) in [6.07, 6.45) is 1.95. The van der Waals surface area contributed by atoms with Crippen LogP contribution in [0, 0.1) is 5.92 Å². The van der Waals surface area contributed by atoms with Crippen LogP contribution in [-0.2, 0) is 32.0 Å². The fourth-order valence-electron chi connectivity index (χ4n) is 3.57. The molecule has 0 radical (unpaired) electrons. The summed E-state index contributed by atoms with van der Waals surface area (Å²) in [5.74, 6) is -2.85. The second kappa shape index (κ2) is 7.19. The largest absolute Gasteiger partial charge is 0.453 e. The first-order valence-corrected chi connectivity index (χ1v) is 8.99. The van der Waals surface area contributed by atoms with Crippen LogP contribution in [0.1, 0.15) is 17.5 Å². The van der Waals surface area contributed by atoms with Gasteiger partial charge in [0.1, 0.15) is 0 Å². The van der Waals surface area contributed by atoms with Gasteiger partial charge in [-0.3, -0.25) is 14.4 Å². The highest BCUT2D eigenvalue weighted by Crippen LogP contribution is 2.25. The van der Waals surface area contributed by atoms with Crippen LogP contribution in [0.4, 0.5) is 0 Å². The zero-order valence-electron chi connectivity index (χ0n) is 14.7. The van der Waals surface area contributed by atoms with E-state index in [1.54, 1.807) is 6.20 Å². The second-order valence-corrected chi connectivity index (χ2v) is 6.79. The molecule has 0 aliphatic carbocycles. The first-order valence-electron chi connectivity index (χ1n) is 8.99. The number of Topliss-reactive ketones (excluding diaryl/α,β-unsaturated/α-hetero) is 2. The van der Waals surface area contributed by atoms with Gasteiger partial charge in [0.15, 0.2) is 23.6 Å². The molecule has 0 saturated carbocycles. The van der Waals surface area contributed by atoms with Crippen molar-refractivity contribution >= 4 is 28.4 Å². The standard InChI is InChI=1S/C22H19NO4/c24-18(12-15-13-23-17-9-5-4-8-16(15)17)20-21(25)19(27-22(20)26)11-10-14-6-2-1-3-7-14/h1-9,13,19-20,23H,10-12H2. The summed E-state index contributed by atoms with van der Waals surface area (Å²) in [6.45, 7) is 0. The normalized spacial score (nSPS) is 19.4. The maximum absolute atomic E-state index is 12.7. The van der Waals surface area contributed by atoms with E-state index >= 15 is 0 Å². The van der Waals surface area contributed by atoms with E-state index in [0.29, 0.717) is 12.8 Å². The van der Waals surface area contributed by atoms with E-state index in [-0.39, 0.29) is 6.42 Å². The Morgan fingerprint density at radius 2 is 1.74 bits per heavy atom. The van der Waals surface area contributed by atoms with Crippen LogP contribution in [0.15, 0.2) is 60.8 Å². The quantitative estimate of drug-likeness (QED) is 0.541. The summed E-state index contributed by atoms with van der Waals surface area (Å²) in [7, 11) is 0. The molecule has 1 fully saturated rings. The third-order valence-electron chi connectivity index (χ3n) is 5.00. The van der Waals surface area contributed by atoms with Gasteiger partial charge in [-0.05, 0) is 30.0 Å². The molecule has 0 bridgehead atoms. The molecule has 5 nitrogen and oxygen atoms in total. The van der Waals surface area contributed by atoms with Gasteiger partial charge in [-0.2, -0.15) is 0 Å². The Morgan fingerprint density at radius 1 is 1.00 bits per heavy atom. The van der Waals surface area contributed by atoms with Gasteiger partial charge >= 0.3 is 5.97 Å². The highest BCUT2D eigenvalue weighted by atomic mass is 16.6. The molecule has 136 valence electrons. The van der Waals surface area contributed by atoms with Crippen LogP contribution in [0.25, 0.3) is 10.9 Å². The van der Waals surface area contributed by atoms with E-state index < -0.39 is 29.6 Å². The van der Waals surface area contributed by atoms with Gasteiger partial charge in [0, 0.05) is 23.5 Å². The number of fused-ring (bicyclic) bond motifs is 1. The molecule has 2 aromatic carbocycles. The topological polar surface area (TPSA) is 76.2 Å². The number of H-pyrrole nitrogens is 1. The average Bonchev–Trinajstić information content (AvgIpc) is 3.21. The van der Waals surface area contributed by atoms with E-state index in [0.717, 1.165) is 22.0 Å². The summed E-state index contributed by atoms with van der Waals surface area (Å²) >= 11 is 0. The molecular formula is C22H19NO4. The predicted molar refractivity (Wildman–Crippen MR) is 100 cm³/mol. The molecule has 0 spiro atoms. The van der Waals surface area contributed by atoms with Crippen LogP contribution in [0.2, 0.25) is 0 Å². The number of rotatable bonds is 6. The molecule has 1 aliphatic rings. The number of aromatic amines is 1. The maximum Gasteiger partial charge on any atom is 0.325 e. The Morgan fingerprint density at radius 3 is 2.56 bits per heavy atom. The van der Waals surface area contributed by atoms with Crippen LogP contribution in [0.5, 0.6) is 0 Å². The molecule has 0 amide bonds. The molecule has 2 atom stereocenters. The van der Waals surface area contributed by atoms with Crippen LogP contribution >= 0.6 is 0 Å². The number of benzene rings is 2. The SMILES string of the molecule is O=C(Cc1c[nH]c2ccccc12)C1C(=O)OC(CCc2ccccc2)C1=O. The number of para-hydroxylation sites is 1. The molecule has 5 heteroatoms. The number of esters is 1. The van der Waals surface area contributed by atoms with Gasteiger partial charge in [-0.25, -0.2) is 0 Å². The molecule has 1 aliphatic heterocycles. The maximum atomic E-state index is 12.7. The third kappa shape index (κ3) is 3.40. The van der Waals surface area contributed by atoms with Crippen LogP contribution in [-0.4, -0.2) is 28.6 Å². The van der Waals surface area contributed by atoms with E-state index in [4.69, 9.17) is 4.74 Å². The van der Waals surface area contributed by atoms with E-state index in [1.807, 2.05) is 54.6 Å². The minimum absolute atomic E-state index is 0.0287.